The minimum absolute atomic E-state index is 0.204. The normalized spacial score (nSPS) is 10.4. The molecule has 1 amide bonds. The first kappa shape index (κ1) is 16.1. The van der Waals surface area contributed by atoms with Gasteiger partial charge in [-0.15, -0.1) is 11.3 Å². The summed E-state index contributed by atoms with van der Waals surface area (Å²) in [6.07, 6.45) is 0. The molecule has 24 heavy (non-hydrogen) atoms. The van der Waals surface area contributed by atoms with Gasteiger partial charge in [0.05, 0.1) is 25.6 Å². The Morgan fingerprint density at radius 2 is 1.96 bits per heavy atom. The monoisotopic (exact) mass is 343 g/mol. The van der Waals surface area contributed by atoms with Crippen LogP contribution in [0, 0.1) is 0 Å². The molecule has 1 aromatic carbocycles. The van der Waals surface area contributed by atoms with E-state index >= 15 is 0 Å². The van der Waals surface area contributed by atoms with Gasteiger partial charge in [-0.1, -0.05) is 6.07 Å². The first-order valence-electron chi connectivity index (χ1n) is 7.34. The SMILES string of the molecule is COc1ccc(C(=O)NCc2ccc(-c3cccs3)o2)cc1OC. The van der Waals surface area contributed by atoms with Gasteiger partial charge in [-0.25, -0.2) is 0 Å². The number of thiophene rings is 1. The van der Waals surface area contributed by atoms with Crippen LogP contribution in [0.3, 0.4) is 0 Å². The van der Waals surface area contributed by atoms with Crippen molar-refractivity contribution in [2.24, 2.45) is 0 Å². The maximum atomic E-state index is 12.3. The summed E-state index contributed by atoms with van der Waals surface area (Å²) in [4.78, 5) is 13.3. The third-order valence-corrected chi connectivity index (χ3v) is 4.38. The van der Waals surface area contributed by atoms with Crippen molar-refractivity contribution in [3.05, 3.63) is 59.2 Å². The number of hydrogen-bond acceptors (Lipinski definition) is 5. The highest BCUT2D eigenvalue weighted by Crippen LogP contribution is 2.28. The van der Waals surface area contributed by atoms with Gasteiger partial charge in [-0.3, -0.25) is 4.79 Å². The average Bonchev–Trinajstić information content (AvgIpc) is 3.30. The molecule has 1 N–H and O–H groups in total. The molecule has 0 saturated carbocycles. The van der Waals surface area contributed by atoms with Crippen molar-refractivity contribution in [3.63, 3.8) is 0 Å². The van der Waals surface area contributed by atoms with Gasteiger partial charge in [0.25, 0.3) is 5.91 Å². The van der Waals surface area contributed by atoms with Gasteiger partial charge in [0.15, 0.2) is 11.5 Å². The molecular weight excluding hydrogens is 326 g/mol. The van der Waals surface area contributed by atoms with Gasteiger partial charge in [-0.05, 0) is 41.8 Å². The van der Waals surface area contributed by atoms with E-state index in [0.29, 0.717) is 29.4 Å². The molecule has 6 heteroatoms. The fourth-order valence-corrected chi connectivity index (χ4v) is 2.96. The molecule has 3 aromatic rings. The number of methoxy groups -OCH3 is 2. The van der Waals surface area contributed by atoms with E-state index in [4.69, 9.17) is 13.9 Å². The zero-order valence-corrected chi connectivity index (χ0v) is 14.2. The Hall–Kier alpha value is -2.73. The van der Waals surface area contributed by atoms with Crippen LogP contribution in [-0.4, -0.2) is 20.1 Å². The van der Waals surface area contributed by atoms with Crippen LogP contribution in [0.2, 0.25) is 0 Å². The number of carbonyl (C=O) groups is 1. The molecule has 2 aromatic heterocycles. The van der Waals surface area contributed by atoms with Gasteiger partial charge >= 0.3 is 0 Å². The minimum Gasteiger partial charge on any atom is -0.493 e. The molecule has 0 radical (unpaired) electrons. The summed E-state index contributed by atoms with van der Waals surface area (Å²) >= 11 is 1.61. The van der Waals surface area contributed by atoms with E-state index < -0.39 is 0 Å². The Bertz CT molecular complexity index is 823. The highest BCUT2D eigenvalue weighted by molar-refractivity contribution is 7.13. The molecule has 0 fully saturated rings. The summed E-state index contributed by atoms with van der Waals surface area (Å²) in [5.74, 6) is 2.40. The maximum Gasteiger partial charge on any atom is 0.251 e. The first-order chi connectivity index (χ1) is 11.7. The van der Waals surface area contributed by atoms with Crippen molar-refractivity contribution >= 4 is 17.2 Å². The van der Waals surface area contributed by atoms with Crippen molar-refractivity contribution < 1.29 is 18.7 Å². The molecule has 0 aliphatic carbocycles. The van der Waals surface area contributed by atoms with E-state index in [0.717, 1.165) is 10.6 Å². The Labute approximate surface area is 143 Å². The van der Waals surface area contributed by atoms with E-state index in [9.17, 15) is 4.79 Å². The van der Waals surface area contributed by atoms with E-state index in [1.54, 1.807) is 36.6 Å². The second-order valence-electron chi connectivity index (χ2n) is 5.00. The van der Waals surface area contributed by atoms with Crippen molar-refractivity contribution in [2.75, 3.05) is 14.2 Å². The topological polar surface area (TPSA) is 60.7 Å². The molecule has 0 aliphatic heterocycles. The summed E-state index contributed by atoms with van der Waals surface area (Å²) in [7, 11) is 3.09. The van der Waals surface area contributed by atoms with Crippen LogP contribution in [0.25, 0.3) is 10.6 Å². The fourth-order valence-electron chi connectivity index (χ4n) is 2.27. The second kappa shape index (κ2) is 7.23. The van der Waals surface area contributed by atoms with Crippen LogP contribution in [0.15, 0.2) is 52.3 Å². The summed E-state index contributed by atoms with van der Waals surface area (Å²) in [6, 6.07) is 12.8. The van der Waals surface area contributed by atoms with E-state index in [1.807, 2.05) is 29.6 Å². The lowest BCUT2D eigenvalue weighted by molar-refractivity contribution is 0.0947. The molecule has 124 valence electrons. The molecule has 3 rings (SSSR count). The number of rotatable bonds is 6. The van der Waals surface area contributed by atoms with Gasteiger partial charge < -0.3 is 19.2 Å². The van der Waals surface area contributed by atoms with Crippen LogP contribution in [0.5, 0.6) is 11.5 Å². The van der Waals surface area contributed by atoms with Crippen molar-refractivity contribution in [1.82, 2.24) is 5.32 Å². The summed E-state index contributed by atoms with van der Waals surface area (Å²) in [5.41, 5.74) is 0.498. The lowest BCUT2D eigenvalue weighted by Gasteiger charge is -2.09. The van der Waals surface area contributed by atoms with Crippen molar-refractivity contribution in [3.8, 4) is 22.1 Å². The lowest BCUT2D eigenvalue weighted by Crippen LogP contribution is -2.22. The Balaban J connectivity index is 1.65. The van der Waals surface area contributed by atoms with Gasteiger partial charge in [-0.2, -0.15) is 0 Å². The predicted molar refractivity (Wildman–Crippen MR) is 92.7 cm³/mol. The smallest absolute Gasteiger partial charge is 0.251 e. The first-order valence-corrected chi connectivity index (χ1v) is 8.22. The molecule has 0 bridgehead atoms. The zero-order chi connectivity index (χ0) is 16.9. The lowest BCUT2D eigenvalue weighted by atomic mass is 10.2. The third kappa shape index (κ3) is 3.44. The number of benzene rings is 1. The average molecular weight is 343 g/mol. The Morgan fingerprint density at radius 3 is 2.67 bits per heavy atom. The number of hydrogen-bond donors (Lipinski definition) is 1. The zero-order valence-electron chi connectivity index (χ0n) is 13.4. The summed E-state index contributed by atoms with van der Waals surface area (Å²) in [5, 5.41) is 4.83. The van der Waals surface area contributed by atoms with Crippen molar-refractivity contribution in [1.29, 1.82) is 0 Å². The maximum absolute atomic E-state index is 12.3. The highest BCUT2D eigenvalue weighted by atomic mass is 32.1. The molecule has 0 spiro atoms. The number of nitrogens with one attached hydrogen (secondary N) is 1. The third-order valence-electron chi connectivity index (χ3n) is 3.49. The molecule has 0 atom stereocenters. The molecule has 0 unspecified atom stereocenters. The van der Waals surface area contributed by atoms with E-state index in [2.05, 4.69) is 5.32 Å². The van der Waals surface area contributed by atoms with E-state index in [1.165, 1.54) is 7.11 Å². The van der Waals surface area contributed by atoms with Crippen LogP contribution in [0.1, 0.15) is 16.1 Å². The summed E-state index contributed by atoms with van der Waals surface area (Å²) < 4.78 is 16.1. The quantitative estimate of drug-likeness (QED) is 0.736. The Morgan fingerprint density at radius 1 is 1.12 bits per heavy atom. The number of carbonyl (C=O) groups excluding carboxylic acids is 1. The predicted octanol–water partition coefficient (Wildman–Crippen LogP) is 3.96. The Kier molecular flexibility index (Phi) is 4.86. The second-order valence-corrected chi connectivity index (χ2v) is 5.94. The molecule has 2 heterocycles. The van der Waals surface area contributed by atoms with Crippen LogP contribution >= 0.6 is 11.3 Å². The highest BCUT2D eigenvalue weighted by Gasteiger charge is 2.12. The van der Waals surface area contributed by atoms with Crippen molar-refractivity contribution in [2.45, 2.75) is 6.54 Å². The number of ether oxygens (including phenoxy) is 2. The van der Waals surface area contributed by atoms with Gasteiger partial charge in [0.1, 0.15) is 11.5 Å². The van der Waals surface area contributed by atoms with Crippen LogP contribution in [0.4, 0.5) is 0 Å². The molecule has 0 saturated heterocycles. The van der Waals surface area contributed by atoms with Crippen LogP contribution in [-0.2, 0) is 6.54 Å². The largest absolute Gasteiger partial charge is 0.493 e. The summed E-state index contributed by atoms with van der Waals surface area (Å²) in [6.45, 7) is 0.318. The molecular formula is C18H17NO4S. The molecule has 5 nitrogen and oxygen atoms in total. The standard InChI is InChI=1S/C18H17NO4S/c1-21-14-7-5-12(10-16(14)22-2)18(20)19-11-13-6-8-15(23-13)17-4-3-9-24-17/h3-10H,11H2,1-2H3,(H,19,20). The van der Waals surface area contributed by atoms with Gasteiger partial charge in [0.2, 0.25) is 0 Å². The fraction of sp³-hybridized carbons (Fsp3) is 0.167. The number of furan rings is 1. The van der Waals surface area contributed by atoms with Gasteiger partial charge in [0, 0.05) is 5.56 Å². The van der Waals surface area contributed by atoms with Crippen LogP contribution < -0.4 is 14.8 Å². The van der Waals surface area contributed by atoms with E-state index in [-0.39, 0.29) is 5.91 Å². The minimum atomic E-state index is -0.204. The molecule has 0 aliphatic rings. The number of amides is 1.